The van der Waals surface area contributed by atoms with Crippen molar-refractivity contribution >= 4 is 5.82 Å². The van der Waals surface area contributed by atoms with E-state index in [0.29, 0.717) is 23.8 Å². The minimum atomic E-state index is 0.437. The lowest BCUT2D eigenvalue weighted by molar-refractivity contribution is 0.989. The summed E-state index contributed by atoms with van der Waals surface area (Å²) in [6.07, 6.45) is 3.25. The van der Waals surface area contributed by atoms with Crippen LogP contribution in [0.2, 0.25) is 0 Å². The first-order valence-corrected chi connectivity index (χ1v) is 5.17. The van der Waals surface area contributed by atoms with Crippen molar-refractivity contribution in [1.29, 1.82) is 5.26 Å². The van der Waals surface area contributed by atoms with Gasteiger partial charge in [-0.15, -0.1) is 0 Å². The zero-order valence-corrected chi connectivity index (χ0v) is 9.38. The van der Waals surface area contributed by atoms with Crippen molar-refractivity contribution in [2.75, 3.05) is 5.32 Å². The highest BCUT2D eigenvalue weighted by molar-refractivity contribution is 5.50. The number of nitrogens with zero attached hydrogens (tertiary/aromatic N) is 4. The first-order valence-electron chi connectivity index (χ1n) is 5.17. The number of rotatable bonds is 3. The van der Waals surface area contributed by atoms with E-state index in [0.717, 1.165) is 5.69 Å². The molecule has 0 aliphatic rings. The van der Waals surface area contributed by atoms with Crippen molar-refractivity contribution in [3.05, 3.63) is 47.7 Å². The predicted molar refractivity (Wildman–Crippen MR) is 63.0 cm³/mol. The second-order valence-electron chi connectivity index (χ2n) is 3.47. The van der Waals surface area contributed by atoms with Crippen molar-refractivity contribution < 1.29 is 0 Å². The molecule has 2 rings (SSSR count). The number of pyridine rings is 1. The summed E-state index contributed by atoms with van der Waals surface area (Å²) >= 11 is 0. The maximum Gasteiger partial charge on any atom is 0.148 e. The highest BCUT2D eigenvalue weighted by Crippen LogP contribution is 2.11. The Hall–Kier alpha value is -2.48. The highest BCUT2D eigenvalue weighted by atomic mass is 15.0. The lowest BCUT2D eigenvalue weighted by Crippen LogP contribution is -2.06. The number of anilines is 1. The summed E-state index contributed by atoms with van der Waals surface area (Å²) in [6, 6.07) is 7.74. The van der Waals surface area contributed by atoms with Crippen LogP contribution >= 0.6 is 0 Å². The van der Waals surface area contributed by atoms with E-state index in [1.54, 1.807) is 13.1 Å². The summed E-state index contributed by atoms with van der Waals surface area (Å²) in [5, 5.41) is 12.0. The third kappa shape index (κ3) is 2.75. The molecule has 1 N–H and O–H groups in total. The second-order valence-corrected chi connectivity index (χ2v) is 3.47. The first-order chi connectivity index (χ1) is 8.29. The van der Waals surface area contributed by atoms with Crippen LogP contribution in [0.5, 0.6) is 0 Å². The molecule has 0 aromatic carbocycles. The van der Waals surface area contributed by atoms with Crippen LogP contribution in [0.3, 0.4) is 0 Å². The Kier molecular flexibility index (Phi) is 3.26. The SMILES string of the molecule is Cc1ncc(C#N)c(NCc2ccccn2)n1. The Balaban J connectivity index is 2.14. The van der Waals surface area contributed by atoms with Gasteiger partial charge in [0.2, 0.25) is 0 Å². The molecule has 5 heteroatoms. The fourth-order valence-electron chi connectivity index (χ4n) is 1.36. The molecule has 17 heavy (non-hydrogen) atoms. The van der Waals surface area contributed by atoms with E-state index in [2.05, 4.69) is 26.3 Å². The topological polar surface area (TPSA) is 74.5 Å². The molecule has 0 aliphatic heterocycles. The van der Waals surface area contributed by atoms with Crippen LogP contribution in [0.4, 0.5) is 5.82 Å². The van der Waals surface area contributed by atoms with Crippen molar-refractivity contribution in [1.82, 2.24) is 15.0 Å². The molecule has 0 unspecified atom stereocenters. The molecule has 0 amide bonds. The standard InChI is InChI=1S/C12H11N5/c1-9-15-7-10(6-13)12(17-9)16-8-11-4-2-3-5-14-11/h2-5,7H,8H2,1H3,(H,15,16,17). The second kappa shape index (κ2) is 5.03. The summed E-state index contributed by atoms with van der Waals surface area (Å²) < 4.78 is 0. The molecule has 0 spiro atoms. The molecule has 2 aromatic rings. The van der Waals surface area contributed by atoms with Gasteiger partial charge in [-0.1, -0.05) is 6.07 Å². The molecule has 0 fully saturated rings. The number of nitrogens with one attached hydrogen (secondary N) is 1. The van der Waals surface area contributed by atoms with Gasteiger partial charge >= 0.3 is 0 Å². The van der Waals surface area contributed by atoms with Gasteiger partial charge in [-0.05, 0) is 19.1 Å². The molecule has 0 radical (unpaired) electrons. The van der Waals surface area contributed by atoms with Gasteiger partial charge in [0.1, 0.15) is 23.3 Å². The summed E-state index contributed by atoms with van der Waals surface area (Å²) in [7, 11) is 0. The molecule has 2 heterocycles. The van der Waals surface area contributed by atoms with Crippen LogP contribution in [0.15, 0.2) is 30.6 Å². The van der Waals surface area contributed by atoms with E-state index < -0.39 is 0 Å². The maximum atomic E-state index is 8.92. The third-order valence-electron chi connectivity index (χ3n) is 2.19. The van der Waals surface area contributed by atoms with E-state index >= 15 is 0 Å². The Bertz CT molecular complexity index is 545. The smallest absolute Gasteiger partial charge is 0.148 e. The molecular formula is C12H11N5. The summed E-state index contributed by atoms with van der Waals surface area (Å²) in [6.45, 7) is 2.32. The lowest BCUT2D eigenvalue weighted by Gasteiger charge is -2.06. The van der Waals surface area contributed by atoms with Crippen molar-refractivity contribution in [2.24, 2.45) is 0 Å². The third-order valence-corrected chi connectivity index (χ3v) is 2.19. The molecule has 0 atom stereocenters. The molecule has 0 aliphatic carbocycles. The minimum Gasteiger partial charge on any atom is -0.363 e. The maximum absolute atomic E-state index is 8.92. The van der Waals surface area contributed by atoms with Crippen LogP contribution in [-0.4, -0.2) is 15.0 Å². The monoisotopic (exact) mass is 225 g/mol. The largest absolute Gasteiger partial charge is 0.363 e. The van der Waals surface area contributed by atoms with Gasteiger partial charge in [0.15, 0.2) is 0 Å². The number of hydrogen-bond donors (Lipinski definition) is 1. The molecule has 84 valence electrons. The minimum absolute atomic E-state index is 0.437. The van der Waals surface area contributed by atoms with E-state index in [-0.39, 0.29) is 0 Å². The number of hydrogen-bond acceptors (Lipinski definition) is 5. The van der Waals surface area contributed by atoms with Crippen LogP contribution in [0, 0.1) is 18.3 Å². The van der Waals surface area contributed by atoms with Crippen LogP contribution < -0.4 is 5.32 Å². The number of aromatic nitrogens is 3. The Labute approximate surface area is 99.2 Å². The van der Waals surface area contributed by atoms with Gasteiger partial charge in [0.05, 0.1) is 18.4 Å². The fourth-order valence-corrected chi connectivity index (χ4v) is 1.36. The fraction of sp³-hybridized carbons (Fsp3) is 0.167. The number of aryl methyl sites for hydroxylation is 1. The first kappa shape index (κ1) is 11.0. The quantitative estimate of drug-likeness (QED) is 0.859. The van der Waals surface area contributed by atoms with Gasteiger partial charge in [0.25, 0.3) is 0 Å². The van der Waals surface area contributed by atoms with Gasteiger partial charge in [-0.2, -0.15) is 5.26 Å². The summed E-state index contributed by atoms with van der Waals surface area (Å²) in [5.74, 6) is 1.18. The van der Waals surface area contributed by atoms with Crippen molar-refractivity contribution in [3.8, 4) is 6.07 Å². The highest BCUT2D eigenvalue weighted by Gasteiger charge is 2.04. The zero-order valence-electron chi connectivity index (χ0n) is 9.38. The molecule has 0 bridgehead atoms. The molecule has 5 nitrogen and oxygen atoms in total. The van der Waals surface area contributed by atoms with Gasteiger partial charge < -0.3 is 5.32 Å². The number of nitriles is 1. The van der Waals surface area contributed by atoms with E-state index in [1.807, 2.05) is 18.2 Å². The van der Waals surface area contributed by atoms with Gasteiger partial charge in [-0.3, -0.25) is 4.98 Å². The molecule has 2 aromatic heterocycles. The molecule has 0 saturated carbocycles. The van der Waals surface area contributed by atoms with Gasteiger partial charge in [-0.25, -0.2) is 9.97 Å². The Morgan fingerprint density at radius 1 is 1.35 bits per heavy atom. The average molecular weight is 225 g/mol. The van der Waals surface area contributed by atoms with E-state index in [9.17, 15) is 0 Å². The zero-order chi connectivity index (χ0) is 12.1. The van der Waals surface area contributed by atoms with E-state index in [1.165, 1.54) is 6.20 Å². The normalized spacial score (nSPS) is 9.65. The predicted octanol–water partition coefficient (Wildman–Crippen LogP) is 1.66. The average Bonchev–Trinajstić information content (AvgIpc) is 2.38. The summed E-state index contributed by atoms with van der Waals surface area (Å²) in [4.78, 5) is 12.3. The van der Waals surface area contributed by atoms with Crippen molar-refractivity contribution in [2.45, 2.75) is 13.5 Å². The van der Waals surface area contributed by atoms with Crippen LogP contribution in [-0.2, 0) is 6.54 Å². The van der Waals surface area contributed by atoms with E-state index in [4.69, 9.17) is 5.26 Å². The van der Waals surface area contributed by atoms with Gasteiger partial charge in [0, 0.05) is 6.20 Å². The van der Waals surface area contributed by atoms with Crippen molar-refractivity contribution in [3.63, 3.8) is 0 Å². The molecule has 0 saturated heterocycles. The molecular weight excluding hydrogens is 214 g/mol. The Morgan fingerprint density at radius 3 is 2.94 bits per heavy atom. The Morgan fingerprint density at radius 2 is 2.24 bits per heavy atom. The summed E-state index contributed by atoms with van der Waals surface area (Å²) in [5.41, 5.74) is 1.33. The van der Waals surface area contributed by atoms with Crippen LogP contribution in [0.25, 0.3) is 0 Å². The van der Waals surface area contributed by atoms with Crippen LogP contribution in [0.1, 0.15) is 17.1 Å². The lowest BCUT2D eigenvalue weighted by atomic mass is 10.3.